The average Bonchev–Trinajstić information content (AvgIpc) is 2.82. The standard InChI is InChI=1S/C15H24N2O2/c1-12-6-7-15(9-12,11-18)17(2)10-13-5-4-8-16-14(13)19-3/h4-5,8,12,18H,6-7,9-11H2,1-3H3/t12-,15-/m0/s1. The van der Waals surface area contributed by atoms with Gasteiger partial charge in [-0.15, -0.1) is 0 Å². The van der Waals surface area contributed by atoms with E-state index in [9.17, 15) is 5.11 Å². The van der Waals surface area contributed by atoms with Crippen LogP contribution in [-0.4, -0.2) is 41.3 Å². The zero-order valence-electron chi connectivity index (χ0n) is 12.1. The van der Waals surface area contributed by atoms with Gasteiger partial charge in [0.2, 0.25) is 5.88 Å². The predicted octanol–water partition coefficient (Wildman–Crippen LogP) is 2.07. The summed E-state index contributed by atoms with van der Waals surface area (Å²) < 4.78 is 5.30. The number of nitrogens with zero attached hydrogens (tertiary/aromatic N) is 2. The summed E-state index contributed by atoms with van der Waals surface area (Å²) >= 11 is 0. The van der Waals surface area contributed by atoms with E-state index in [-0.39, 0.29) is 12.1 Å². The molecular formula is C15H24N2O2. The predicted molar refractivity (Wildman–Crippen MR) is 75.1 cm³/mol. The summed E-state index contributed by atoms with van der Waals surface area (Å²) in [5.74, 6) is 1.36. The summed E-state index contributed by atoms with van der Waals surface area (Å²) in [5, 5.41) is 9.82. The van der Waals surface area contributed by atoms with Crippen LogP contribution >= 0.6 is 0 Å². The number of likely N-dealkylation sites (N-methyl/N-ethyl adjacent to an activating group) is 1. The minimum Gasteiger partial charge on any atom is -0.481 e. The van der Waals surface area contributed by atoms with E-state index in [2.05, 4.69) is 23.9 Å². The molecule has 4 heteroatoms. The fourth-order valence-electron chi connectivity index (χ4n) is 3.13. The van der Waals surface area contributed by atoms with Crippen molar-refractivity contribution in [2.24, 2.45) is 5.92 Å². The maximum atomic E-state index is 9.82. The van der Waals surface area contributed by atoms with Crippen molar-refractivity contribution in [1.82, 2.24) is 9.88 Å². The number of aromatic nitrogens is 1. The maximum absolute atomic E-state index is 9.82. The SMILES string of the molecule is COc1ncccc1CN(C)[C@@]1(CO)CC[C@H](C)C1. The Hall–Kier alpha value is -1.13. The number of ether oxygens (including phenoxy) is 1. The van der Waals surface area contributed by atoms with Gasteiger partial charge >= 0.3 is 0 Å². The van der Waals surface area contributed by atoms with Crippen molar-refractivity contribution in [3.63, 3.8) is 0 Å². The molecular weight excluding hydrogens is 240 g/mol. The van der Waals surface area contributed by atoms with Gasteiger partial charge in [-0.2, -0.15) is 0 Å². The fourth-order valence-corrected chi connectivity index (χ4v) is 3.13. The van der Waals surface area contributed by atoms with Crippen molar-refractivity contribution in [2.75, 3.05) is 20.8 Å². The van der Waals surface area contributed by atoms with E-state index in [1.807, 2.05) is 12.1 Å². The van der Waals surface area contributed by atoms with E-state index >= 15 is 0 Å². The van der Waals surface area contributed by atoms with E-state index in [0.29, 0.717) is 11.8 Å². The first kappa shape index (κ1) is 14.3. The summed E-state index contributed by atoms with van der Waals surface area (Å²) in [6.07, 6.45) is 5.04. The first-order valence-corrected chi connectivity index (χ1v) is 6.91. The Kier molecular flexibility index (Phi) is 4.42. The lowest BCUT2D eigenvalue weighted by molar-refractivity contribution is 0.0451. The lowest BCUT2D eigenvalue weighted by Crippen LogP contribution is -2.47. The first-order valence-electron chi connectivity index (χ1n) is 6.91. The molecule has 0 aliphatic heterocycles. The van der Waals surface area contributed by atoms with E-state index in [1.165, 1.54) is 6.42 Å². The van der Waals surface area contributed by atoms with Crippen molar-refractivity contribution in [3.05, 3.63) is 23.9 Å². The van der Waals surface area contributed by atoms with Crippen LogP contribution in [-0.2, 0) is 6.54 Å². The van der Waals surface area contributed by atoms with E-state index in [1.54, 1.807) is 13.3 Å². The van der Waals surface area contributed by atoms with Crippen LogP contribution in [0.4, 0.5) is 0 Å². The molecule has 0 radical (unpaired) electrons. The van der Waals surface area contributed by atoms with Crippen molar-refractivity contribution in [2.45, 2.75) is 38.3 Å². The molecule has 2 rings (SSSR count). The van der Waals surface area contributed by atoms with Crippen LogP contribution in [0.2, 0.25) is 0 Å². The highest BCUT2D eigenvalue weighted by molar-refractivity contribution is 5.25. The van der Waals surface area contributed by atoms with Crippen LogP contribution in [0.3, 0.4) is 0 Å². The highest BCUT2D eigenvalue weighted by Gasteiger charge is 2.40. The highest BCUT2D eigenvalue weighted by atomic mass is 16.5. The van der Waals surface area contributed by atoms with Crippen molar-refractivity contribution >= 4 is 0 Å². The molecule has 0 bridgehead atoms. The van der Waals surface area contributed by atoms with Gasteiger partial charge < -0.3 is 9.84 Å². The first-order chi connectivity index (χ1) is 9.11. The number of rotatable bonds is 5. The molecule has 0 aromatic carbocycles. The Bertz CT molecular complexity index is 424. The number of hydrogen-bond donors (Lipinski definition) is 1. The molecule has 19 heavy (non-hydrogen) atoms. The van der Waals surface area contributed by atoms with E-state index in [0.717, 1.165) is 24.9 Å². The van der Waals surface area contributed by atoms with Crippen LogP contribution in [0.25, 0.3) is 0 Å². The topological polar surface area (TPSA) is 45.6 Å². The summed E-state index contributed by atoms with van der Waals surface area (Å²) in [6.45, 7) is 3.23. The third-order valence-corrected chi connectivity index (χ3v) is 4.39. The molecule has 1 aromatic heterocycles. The average molecular weight is 264 g/mol. The molecule has 2 atom stereocenters. The highest BCUT2D eigenvalue weighted by Crippen LogP contribution is 2.39. The largest absolute Gasteiger partial charge is 0.481 e. The molecule has 1 heterocycles. The van der Waals surface area contributed by atoms with Gasteiger partial charge in [-0.1, -0.05) is 13.0 Å². The van der Waals surface area contributed by atoms with Gasteiger partial charge in [0, 0.05) is 23.8 Å². The summed E-state index contributed by atoms with van der Waals surface area (Å²) in [7, 11) is 3.73. The van der Waals surface area contributed by atoms with Gasteiger partial charge in [-0.05, 0) is 38.3 Å². The van der Waals surface area contributed by atoms with Gasteiger partial charge in [-0.25, -0.2) is 4.98 Å². The molecule has 4 nitrogen and oxygen atoms in total. The molecule has 1 aliphatic rings. The summed E-state index contributed by atoms with van der Waals surface area (Å²) in [6, 6.07) is 3.96. The van der Waals surface area contributed by atoms with Crippen LogP contribution in [0.15, 0.2) is 18.3 Å². The maximum Gasteiger partial charge on any atom is 0.217 e. The zero-order valence-corrected chi connectivity index (χ0v) is 12.1. The Morgan fingerprint density at radius 2 is 2.37 bits per heavy atom. The molecule has 1 N–H and O–H groups in total. The molecule has 1 aromatic rings. The van der Waals surface area contributed by atoms with Crippen molar-refractivity contribution in [1.29, 1.82) is 0 Å². The van der Waals surface area contributed by atoms with Crippen LogP contribution in [0, 0.1) is 5.92 Å². The zero-order chi connectivity index (χ0) is 13.9. The minimum absolute atomic E-state index is 0.0831. The Morgan fingerprint density at radius 1 is 1.58 bits per heavy atom. The molecule has 0 spiro atoms. The second-order valence-corrected chi connectivity index (χ2v) is 5.76. The molecule has 106 valence electrons. The Balaban J connectivity index is 2.13. The lowest BCUT2D eigenvalue weighted by Gasteiger charge is -2.37. The van der Waals surface area contributed by atoms with Crippen molar-refractivity contribution in [3.8, 4) is 5.88 Å². The Morgan fingerprint density at radius 3 is 2.95 bits per heavy atom. The molecule has 1 aliphatic carbocycles. The third kappa shape index (κ3) is 2.90. The molecule has 0 saturated heterocycles. The van der Waals surface area contributed by atoms with Gasteiger partial charge in [0.15, 0.2) is 0 Å². The number of hydrogen-bond acceptors (Lipinski definition) is 4. The Labute approximate surface area is 115 Å². The van der Waals surface area contributed by atoms with Gasteiger partial charge in [0.25, 0.3) is 0 Å². The fraction of sp³-hybridized carbons (Fsp3) is 0.667. The molecule has 1 saturated carbocycles. The van der Waals surface area contributed by atoms with Crippen molar-refractivity contribution < 1.29 is 9.84 Å². The second kappa shape index (κ2) is 5.88. The molecule has 1 fully saturated rings. The number of aliphatic hydroxyl groups is 1. The van der Waals surface area contributed by atoms with Crippen LogP contribution in [0.1, 0.15) is 31.7 Å². The van der Waals surface area contributed by atoms with Gasteiger partial charge in [0.05, 0.1) is 13.7 Å². The summed E-state index contributed by atoms with van der Waals surface area (Å²) in [5.41, 5.74) is 0.986. The monoisotopic (exact) mass is 264 g/mol. The summed E-state index contributed by atoms with van der Waals surface area (Å²) in [4.78, 5) is 6.49. The lowest BCUT2D eigenvalue weighted by atomic mass is 9.95. The van der Waals surface area contributed by atoms with Gasteiger partial charge in [0.1, 0.15) is 0 Å². The third-order valence-electron chi connectivity index (χ3n) is 4.39. The number of aliphatic hydroxyl groups excluding tert-OH is 1. The minimum atomic E-state index is -0.0831. The smallest absolute Gasteiger partial charge is 0.217 e. The van der Waals surface area contributed by atoms with E-state index < -0.39 is 0 Å². The normalized spacial score (nSPS) is 26.9. The quantitative estimate of drug-likeness (QED) is 0.884. The number of pyridine rings is 1. The van der Waals surface area contributed by atoms with Crippen LogP contribution in [0.5, 0.6) is 5.88 Å². The number of methoxy groups -OCH3 is 1. The van der Waals surface area contributed by atoms with E-state index in [4.69, 9.17) is 4.74 Å². The molecule has 0 amide bonds. The van der Waals surface area contributed by atoms with Crippen LogP contribution < -0.4 is 4.74 Å². The van der Waals surface area contributed by atoms with Gasteiger partial charge in [-0.3, -0.25) is 4.90 Å². The molecule has 0 unspecified atom stereocenters. The second-order valence-electron chi connectivity index (χ2n) is 5.76.